The highest BCUT2D eigenvalue weighted by Crippen LogP contribution is 2.52. The standard InChI is InChI=1S/C19H22ClNO2/c1-18(2,3)21(22)17(14-9-11-16(20)12-10-14)19(13-23-19)15-7-5-4-6-8-15/h4-12,17,22H,13H2,1-3H3/t17-,19+/m1/s1. The summed E-state index contributed by atoms with van der Waals surface area (Å²) in [6, 6.07) is 17.4. The molecule has 2 atom stereocenters. The molecule has 1 heterocycles. The van der Waals surface area contributed by atoms with Crippen LogP contribution in [0.3, 0.4) is 0 Å². The molecule has 3 rings (SSSR count). The van der Waals surface area contributed by atoms with Crippen molar-refractivity contribution in [3.8, 4) is 0 Å². The SMILES string of the molecule is CC(C)(C)N(O)[C@H](c1ccc(Cl)cc1)[C@@]1(c2ccccc2)CO1. The molecule has 0 radical (unpaired) electrons. The number of hydrogen-bond acceptors (Lipinski definition) is 3. The van der Waals surface area contributed by atoms with Crippen molar-refractivity contribution in [1.82, 2.24) is 5.06 Å². The molecule has 0 aromatic heterocycles. The summed E-state index contributed by atoms with van der Waals surface area (Å²) in [5.74, 6) is 0. The Morgan fingerprint density at radius 3 is 2.13 bits per heavy atom. The molecule has 2 aromatic carbocycles. The van der Waals surface area contributed by atoms with Gasteiger partial charge in [-0.15, -0.1) is 0 Å². The highest BCUT2D eigenvalue weighted by atomic mass is 35.5. The average Bonchev–Trinajstić information content (AvgIpc) is 3.31. The molecule has 0 aliphatic carbocycles. The minimum atomic E-state index is -0.531. The Bertz CT molecular complexity index is 660. The Hall–Kier alpha value is -1.39. The summed E-state index contributed by atoms with van der Waals surface area (Å²) in [6.07, 6.45) is 0. The van der Waals surface area contributed by atoms with Crippen molar-refractivity contribution in [2.45, 2.75) is 38.0 Å². The predicted octanol–water partition coefficient (Wildman–Crippen LogP) is 4.80. The number of ether oxygens (including phenoxy) is 1. The molecule has 0 unspecified atom stereocenters. The van der Waals surface area contributed by atoms with Crippen LogP contribution < -0.4 is 0 Å². The van der Waals surface area contributed by atoms with Gasteiger partial charge in [0.05, 0.1) is 12.6 Å². The highest BCUT2D eigenvalue weighted by Gasteiger charge is 2.57. The summed E-state index contributed by atoms with van der Waals surface area (Å²) >= 11 is 6.03. The topological polar surface area (TPSA) is 36.0 Å². The van der Waals surface area contributed by atoms with Gasteiger partial charge in [-0.25, -0.2) is 0 Å². The van der Waals surface area contributed by atoms with E-state index in [1.54, 1.807) is 0 Å². The third-order valence-corrected chi connectivity index (χ3v) is 4.53. The maximum atomic E-state index is 10.9. The van der Waals surface area contributed by atoms with Crippen LogP contribution in [0.15, 0.2) is 54.6 Å². The van der Waals surface area contributed by atoms with E-state index >= 15 is 0 Å². The lowest BCUT2D eigenvalue weighted by molar-refractivity contribution is -0.205. The second-order valence-electron chi connectivity index (χ2n) is 7.01. The molecule has 4 heteroatoms. The van der Waals surface area contributed by atoms with Gasteiger partial charge in [0.25, 0.3) is 0 Å². The second-order valence-corrected chi connectivity index (χ2v) is 7.45. The lowest BCUT2D eigenvalue weighted by Crippen LogP contribution is -2.46. The zero-order chi connectivity index (χ0) is 16.7. The van der Waals surface area contributed by atoms with Gasteiger partial charge in [-0.1, -0.05) is 54.1 Å². The third-order valence-electron chi connectivity index (χ3n) is 4.28. The maximum Gasteiger partial charge on any atom is 0.138 e. The summed E-state index contributed by atoms with van der Waals surface area (Å²) in [5.41, 5.74) is 1.10. The molecule has 0 spiro atoms. The van der Waals surface area contributed by atoms with Crippen LogP contribution in [0, 0.1) is 0 Å². The van der Waals surface area contributed by atoms with Gasteiger partial charge < -0.3 is 9.94 Å². The quantitative estimate of drug-likeness (QED) is 0.646. The van der Waals surface area contributed by atoms with Crippen LogP contribution >= 0.6 is 11.6 Å². The van der Waals surface area contributed by atoms with Crippen LogP contribution in [0.1, 0.15) is 37.9 Å². The van der Waals surface area contributed by atoms with Gasteiger partial charge in [0, 0.05) is 10.6 Å². The first-order valence-electron chi connectivity index (χ1n) is 7.78. The largest absolute Gasteiger partial charge is 0.362 e. The number of epoxide rings is 1. The molecule has 0 saturated carbocycles. The van der Waals surface area contributed by atoms with Gasteiger partial charge in [0.1, 0.15) is 5.60 Å². The molecule has 122 valence electrons. The summed E-state index contributed by atoms with van der Waals surface area (Å²) in [7, 11) is 0. The fourth-order valence-corrected chi connectivity index (χ4v) is 3.05. The number of hydroxylamine groups is 2. The van der Waals surface area contributed by atoms with Crippen LogP contribution in [-0.4, -0.2) is 22.4 Å². The van der Waals surface area contributed by atoms with Crippen molar-refractivity contribution in [2.75, 3.05) is 6.61 Å². The first-order chi connectivity index (χ1) is 10.8. The molecular weight excluding hydrogens is 310 g/mol. The highest BCUT2D eigenvalue weighted by molar-refractivity contribution is 6.30. The van der Waals surface area contributed by atoms with Crippen molar-refractivity contribution in [3.63, 3.8) is 0 Å². The molecule has 2 aromatic rings. The first-order valence-corrected chi connectivity index (χ1v) is 8.15. The van der Waals surface area contributed by atoms with Gasteiger partial charge in [-0.05, 0) is 44.0 Å². The van der Waals surface area contributed by atoms with E-state index in [4.69, 9.17) is 16.3 Å². The molecule has 1 fully saturated rings. The molecule has 3 nitrogen and oxygen atoms in total. The average molecular weight is 332 g/mol. The molecule has 0 amide bonds. The summed E-state index contributed by atoms with van der Waals surface area (Å²) < 4.78 is 5.91. The van der Waals surface area contributed by atoms with Crippen molar-refractivity contribution >= 4 is 11.6 Å². The smallest absolute Gasteiger partial charge is 0.138 e. The molecular formula is C19H22ClNO2. The normalized spacial score (nSPS) is 22.2. The lowest BCUT2D eigenvalue weighted by atomic mass is 9.85. The van der Waals surface area contributed by atoms with Crippen LogP contribution in [0.25, 0.3) is 0 Å². The van der Waals surface area contributed by atoms with Crippen molar-refractivity contribution in [3.05, 3.63) is 70.7 Å². The zero-order valence-corrected chi connectivity index (χ0v) is 14.4. The van der Waals surface area contributed by atoms with Crippen molar-refractivity contribution in [1.29, 1.82) is 0 Å². The summed E-state index contributed by atoms with van der Waals surface area (Å²) in [5, 5.41) is 13.0. The van der Waals surface area contributed by atoms with E-state index in [0.717, 1.165) is 11.1 Å². The molecule has 1 aliphatic rings. The molecule has 1 saturated heterocycles. The van der Waals surface area contributed by atoms with Crippen LogP contribution in [0.5, 0.6) is 0 Å². The number of halogens is 1. The van der Waals surface area contributed by atoms with E-state index in [1.165, 1.54) is 5.06 Å². The Kier molecular flexibility index (Phi) is 4.23. The fraction of sp³-hybridized carbons (Fsp3) is 0.368. The van der Waals surface area contributed by atoms with Crippen molar-refractivity contribution < 1.29 is 9.94 Å². The Labute approximate surface area is 142 Å². The Morgan fingerprint density at radius 1 is 1.09 bits per heavy atom. The van der Waals surface area contributed by atoms with Crippen LogP contribution in [0.2, 0.25) is 5.02 Å². The lowest BCUT2D eigenvalue weighted by Gasteiger charge is -2.39. The first kappa shape index (κ1) is 16.5. The van der Waals surface area contributed by atoms with E-state index in [0.29, 0.717) is 11.6 Å². The van der Waals surface area contributed by atoms with Gasteiger partial charge in [0.2, 0.25) is 0 Å². The molecule has 1 N–H and O–H groups in total. The zero-order valence-electron chi connectivity index (χ0n) is 13.7. The number of hydrogen-bond donors (Lipinski definition) is 1. The third kappa shape index (κ3) is 3.15. The Morgan fingerprint density at radius 2 is 1.65 bits per heavy atom. The van der Waals surface area contributed by atoms with Gasteiger partial charge in [-0.2, -0.15) is 5.06 Å². The van der Waals surface area contributed by atoms with Gasteiger partial charge in [0.15, 0.2) is 0 Å². The Balaban J connectivity index is 2.07. The summed E-state index contributed by atoms with van der Waals surface area (Å²) in [6.45, 7) is 6.53. The monoisotopic (exact) mass is 331 g/mol. The minimum Gasteiger partial charge on any atom is -0.362 e. The minimum absolute atomic E-state index is 0.304. The molecule has 23 heavy (non-hydrogen) atoms. The van der Waals surface area contributed by atoms with E-state index in [-0.39, 0.29) is 6.04 Å². The van der Waals surface area contributed by atoms with Crippen LogP contribution in [0.4, 0.5) is 0 Å². The van der Waals surface area contributed by atoms with Gasteiger partial charge >= 0.3 is 0 Å². The maximum absolute atomic E-state index is 10.9. The van der Waals surface area contributed by atoms with E-state index in [9.17, 15) is 5.21 Å². The molecule has 0 bridgehead atoms. The fourth-order valence-electron chi connectivity index (χ4n) is 2.92. The number of nitrogens with zero attached hydrogens (tertiary/aromatic N) is 1. The van der Waals surface area contributed by atoms with Gasteiger partial charge in [-0.3, -0.25) is 0 Å². The summed E-state index contributed by atoms with van der Waals surface area (Å²) in [4.78, 5) is 0. The van der Waals surface area contributed by atoms with Crippen molar-refractivity contribution in [2.24, 2.45) is 0 Å². The van der Waals surface area contributed by atoms with E-state index in [1.807, 2.05) is 75.4 Å². The second kappa shape index (κ2) is 5.91. The number of benzene rings is 2. The van der Waals surface area contributed by atoms with E-state index < -0.39 is 11.1 Å². The predicted molar refractivity (Wildman–Crippen MR) is 91.6 cm³/mol. The number of rotatable bonds is 4. The van der Waals surface area contributed by atoms with E-state index in [2.05, 4.69) is 0 Å². The van der Waals surface area contributed by atoms with Crippen LogP contribution in [-0.2, 0) is 10.3 Å². The molecule has 1 aliphatic heterocycles.